The van der Waals surface area contributed by atoms with Crippen molar-refractivity contribution in [2.24, 2.45) is 0 Å². The molecule has 1 unspecified atom stereocenters. The minimum absolute atomic E-state index is 0.000740. The molecule has 0 radical (unpaired) electrons. The second-order valence-electron chi connectivity index (χ2n) is 4.96. The molecule has 0 bridgehead atoms. The zero-order valence-electron chi connectivity index (χ0n) is 9.63. The Morgan fingerprint density at radius 2 is 2.12 bits per heavy atom. The molecule has 0 aliphatic carbocycles. The van der Waals surface area contributed by atoms with E-state index in [9.17, 15) is 8.78 Å². The lowest BCUT2D eigenvalue weighted by atomic mass is 9.83. The Labute approximate surface area is 94.9 Å². The summed E-state index contributed by atoms with van der Waals surface area (Å²) in [6.45, 7) is 5.20. The molecule has 88 valence electrons. The highest BCUT2D eigenvalue weighted by atomic mass is 19.3. The Hall–Kier alpha value is -0.960. The van der Waals surface area contributed by atoms with Crippen molar-refractivity contribution in [3.05, 3.63) is 35.4 Å². The van der Waals surface area contributed by atoms with E-state index in [2.05, 4.69) is 19.2 Å². The molecule has 1 aliphatic rings. The van der Waals surface area contributed by atoms with Crippen LogP contribution in [-0.4, -0.2) is 12.1 Å². The van der Waals surface area contributed by atoms with Crippen LogP contribution in [0.2, 0.25) is 0 Å². The van der Waals surface area contributed by atoms with E-state index in [0.29, 0.717) is 5.92 Å². The zero-order chi connectivity index (χ0) is 11.8. The molecule has 1 aromatic carbocycles. The first kappa shape index (κ1) is 11.5. The lowest BCUT2D eigenvalue weighted by molar-refractivity contribution is 0.151. The van der Waals surface area contributed by atoms with Gasteiger partial charge in [0.15, 0.2) is 0 Å². The molecule has 0 saturated carbocycles. The topological polar surface area (TPSA) is 12.0 Å². The summed E-state index contributed by atoms with van der Waals surface area (Å²) in [7, 11) is 0. The molecule has 1 fully saturated rings. The quantitative estimate of drug-likeness (QED) is 0.812. The van der Waals surface area contributed by atoms with Crippen molar-refractivity contribution in [2.75, 3.05) is 6.54 Å². The highest BCUT2D eigenvalue weighted by Gasteiger charge is 2.35. The van der Waals surface area contributed by atoms with Crippen LogP contribution in [0.25, 0.3) is 0 Å². The van der Waals surface area contributed by atoms with E-state index in [1.807, 2.05) is 6.07 Å². The third-order valence-corrected chi connectivity index (χ3v) is 3.45. The van der Waals surface area contributed by atoms with Crippen molar-refractivity contribution in [3.8, 4) is 0 Å². The fourth-order valence-corrected chi connectivity index (χ4v) is 2.52. The van der Waals surface area contributed by atoms with Gasteiger partial charge in [0.2, 0.25) is 0 Å². The van der Waals surface area contributed by atoms with Gasteiger partial charge in [0, 0.05) is 17.0 Å². The monoisotopic (exact) mass is 225 g/mol. The molecule has 1 N–H and O–H groups in total. The van der Waals surface area contributed by atoms with E-state index in [4.69, 9.17) is 0 Å². The maximum Gasteiger partial charge on any atom is 0.263 e. The molecule has 16 heavy (non-hydrogen) atoms. The van der Waals surface area contributed by atoms with Gasteiger partial charge in [-0.15, -0.1) is 0 Å². The summed E-state index contributed by atoms with van der Waals surface area (Å²) in [6, 6.07) is 6.81. The Morgan fingerprint density at radius 1 is 1.38 bits per heavy atom. The van der Waals surface area contributed by atoms with Gasteiger partial charge in [0.05, 0.1) is 0 Å². The van der Waals surface area contributed by atoms with Crippen LogP contribution in [0.3, 0.4) is 0 Å². The highest BCUT2D eigenvalue weighted by Crippen LogP contribution is 2.36. The van der Waals surface area contributed by atoms with Crippen molar-refractivity contribution in [3.63, 3.8) is 0 Å². The van der Waals surface area contributed by atoms with Crippen molar-refractivity contribution in [1.29, 1.82) is 0 Å². The number of hydrogen-bond donors (Lipinski definition) is 1. The first-order valence-electron chi connectivity index (χ1n) is 5.64. The number of benzene rings is 1. The molecule has 0 spiro atoms. The van der Waals surface area contributed by atoms with Crippen LogP contribution in [0.1, 0.15) is 43.7 Å². The second-order valence-corrected chi connectivity index (χ2v) is 4.96. The van der Waals surface area contributed by atoms with E-state index < -0.39 is 6.43 Å². The first-order chi connectivity index (χ1) is 7.50. The van der Waals surface area contributed by atoms with Gasteiger partial charge in [0.1, 0.15) is 0 Å². The predicted octanol–water partition coefficient (Wildman–Crippen LogP) is 3.48. The summed E-state index contributed by atoms with van der Waals surface area (Å²) < 4.78 is 25.2. The third-order valence-electron chi connectivity index (χ3n) is 3.45. The molecule has 1 saturated heterocycles. The maximum atomic E-state index is 12.6. The molecule has 2 rings (SSSR count). The Balaban J connectivity index is 2.30. The van der Waals surface area contributed by atoms with E-state index in [-0.39, 0.29) is 11.1 Å². The van der Waals surface area contributed by atoms with Crippen LogP contribution in [0.4, 0.5) is 8.78 Å². The summed E-state index contributed by atoms with van der Waals surface area (Å²) in [6.07, 6.45) is -1.36. The van der Waals surface area contributed by atoms with Gasteiger partial charge in [-0.1, -0.05) is 18.2 Å². The fraction of sp³-hybridized carbons (Fsp3) is 0.538. The summed E-state index contributed by atoms with van der Waals surface area (Å²) in [5.74, 6) is 0.325. The van der Waals surface area contributed by atoms with Gasteiger partial charge in [-0.25, -0.2) is 8.78 Å². The van der Waals surface area contributed by atoms with E-state index in [1.54, 1.807) is 12.1 Å². The number of halogens is 2. The van der Waals surface area contributed by atoms with Crippen LogP contribution < -0.4 is 5.32 Å². The Bertz CT molecular complexity index is 374. The second kappa shape index (κ2) is 4.13. The van der Waals surface area contributed by atoms with E-state index in [0.717, 1.165) is 18.5 Å². The van der Waals surface area contributed by atoms with E-state index >= 15 is 0 Å². The fourth-order valence-electron chi connectivity index (χ4n) is 2.52. The third kappa shape index (κ3) is 2.09. The van der Waals surface area contributed by atoms with Gasteiger partial charge < -0.3 is 5.32 Å². The first-order valence-corrected chi connectivity index (χ1v) is 5.64. The van der Waals surface area contributed by atoms with Gasteiger partial charge >= 0.3 is 0 Å². The van der Waals surface area contributed by atoms with Crippen LogP contribution in [0.15, 0.2) is 24.3 Å². The van der Waals surface area contributed by atoms with Crippen molar-refractivity contribution in [1.82, 2.24) is 5.32 Å². The van der Waals surface area contributed by atoms with Gasteiger partial charge in [-0.2, -0.15) is 0 Å². The standard InChI is InChI=1S/C13H17F2N/c1-13(2)11(6-7-16-13)9-4-3-5-10(8-9)12(14)15/h3-5,8,11-12,16H,6-7H2,1-2H3. The Kier molecular flexibility index (Phi) is 2.98. The molecule has 1 aliphatic heterocycles. The lowest BCUT2D eigenvalue weighted by Crippen LogP contribution is -2.36. The van der Waals surface area contributed by atoms with Crippen LogP contribution >= 0.6 is 0 Å². The predicted molar refractivity (Wildman–Crippen MR) is 60.8 cm³/mol. The molecule has 1 heterocycles. The molecule has 0 aromatic heterocycles. The minimum atomic E-state index is -2.38. The maximum absolute atomic E-state index is 12.6. The van der Waals surface area contributed by atoms with Gasteiger partial charge in [0.25, 0.3) is 6.43 Å². The summed E-state index contributed by atoms with van der Waals surface area (Å²) in [5.41, 5.74) is 1.15. The molecule has 1 aromatic rings. The SMILES string of the molecule is CC1(C)NCCC1c1cccc(C(F)F)c1. The molecule has 3 heteroatoms. The smallest absolute Gasteiger partial charge is 0.263 e. The largest absolute Gasteiger partial charge is 0.311 e. The van der Waals surface area contributed by atoms with Crippen LogP contribution in [0, 0.1) is 0 Å². The average molecular weight is 225 g/mol. The number of alkyl halides is 2. The molecular weight excluding hydrogens is 208 g/mol. The number of hydrogen-bond acceptors (Lipinski definition) is 1. The molecule has 1 atom stereocenters. The number of nitrogens with one attached hydrogen (secondary N) is 1. The molecule has 1 nitrogen and oxygen atoms in total. The average Bonchev–Trinajstić information content (AvgIpc) is 2.58. The molecule has 0 amide bonds. The lowest BCUT2D eigenvalue weighted by Gasteiger charge is -2.27. The van der Waals surface area contributed by atoms with Crippen molar-refractivity contribution < 1.29 is 8.78 Å². The summed E-state index contributed by atoms with van der Waals surface area (Å²) in [4.78, 5) is 0. The normalized spacial score (nSPS) is 23.9. The van der Waals surface area contributed by atoms with Gasteiger partial charge in [-0.3, -0.25) is 0 Å². The van der Waals surface area contributed by atoms with Crippen molar-refractivity contribution in [2.45, 2.75) is 38.2 Å². The zero-order valence-corrected chi connectivity index (χ0v) is 9.63. The minimum Gasteiger partial charge on any atom is -0.311 e. The van der Waals surface area contributed by atoms with Crippen LogP contribution in [-0.2, 0) is 0 Å². The van der Waals surface area contributed by atoms with E-state index in [1.165, 1.54) is 6.07 Å². The summed E-state index contributed by atoms with van der Waals surface area (Å²) >= 11 is 0. The van der Waals surface area contributed by atoms with Gasteiger partial charge in [-0.05, 0) is 38.4 Å². The highest BCUT2D eigenvalue weighted by molar-refractivity contribution is 5.30. The Morgan fingerprint density at radius 3 is 2.69 bits per heavy atom. The van der Waals surface area contributed by atoms with Crippen LogP contribution in [0.5, 0.6) is 0 Å². The number of rotatable bonds is 2. The summed E-state index contributed by atoms with van der Waals surface area (Å²) in [5, 5.41) is 3.41. The van der Waals surface area contributed by atoms with Crippen molar-refractivity contribution >= 4 is 0 Å². The molecular formula is C13H17F2N.